The average molecular weight is 340 g/mol. The van der Waals surface area contributed by atoms with Gasteiger partial charge in [0, 0.05) is 25.5 Å². The summed E-state index contributed by atoms with van der Waals surface area (Å²) in [4.78, 5) is 19.2. The summed E-state index contributed by atoms with van der Waals surface area (Å²) in [6.45, 7) is 3.26. The molecule has 2 atom stereocenters. The van der Waals surface area contributed by atoms with Crippen molar-refractivity contribution in [2.45, 2.75) is 31.9 Å². The molecule has 2 aromatic rings. The quantitative estimate of drug-likeness (QED) is 0.810. The van der Waals surface area contributed by atoms with Crippen LogP contribution in [0.15, 0.2) is 48.8 Å². The fourth-order valence-corrected chi connectivity index (χ4v) is 3.30. The number of methoxy groups -OCH3 is 1. The molecule has 1 amide bonds. The van der Waals surface area contributed by atoms with Crippen molar-refractivity contribution in [2.24, 2.45) is 0 Å². The summed E-state index contributed by atoms with van der Waals surface area (Å²) in [6.07, 6.45) is 4.95. The second-order valence-electron chi connectivity index (χ2n) is 6.09. The Morgan fingerprint density at radius 3 is 2.68 bits per heavy atom. The highest BCUT2D eigenvalue weighted by Gasteiger charge is 2.33. The van der Waals surface area contributed by atoms with Crippen molar-refractivity contribution in [3.8, 4) is 5.75 Å². The Labute approximate surface area is 148 Å². The highest BCUT2D eigenvalue weighted by Crippen LogP contribution is 2.31. The number of rotatable bonds is 6. The van der Waals surface area contributed by atoms with Gasteiger partial charge >= 0.3 is 0 Å². The number of ether oxygens (including phenoxy) is 2. The van der Waals surface area contributed by atoms with Crippen molar-refractivity contribution in [1.82, 2.24) is 9.88 Å². The monoisotopic (exact) mass is 340 g/mol. The first kappa shape index (κ1) is 17.4. The number of carbonyl (C=O) groups is 1. The van der Waals surface area contributed by atoms with E-state index in [1.165, 1.54) is 0 Å². The molecule has 1 aromatic heterocycles. The van der Waals surface area contributed by atoms with Gasteiger partial charge in [-0.25, -0.2) is 0 Å². The van der Waals surface area contributed by atoms with Crippen LogP contribution in [0, 0.1) is 0 Å². The minimum absolute atomic E-state index is 0.0460. The number of amides is 1. The fourth-order valence-electron chi connectivity index (χ4n) is 3.30. The fraction of sp³-hybridized carbons (Fsp3) is 0.400. The van der Waals surface area contributed by atoms with Gasteiger partial charge in [-0.15, -0.1) is 0 Å². The first-order valence-electron chi connectivity index (χ1n) is 8.70. The van der Waals surface area contributed by atoms with E-state index in [9.17, 15) is 4.79 Å². The van der Waals surface area contributed by atoms with Gasteiger partial charge in [0.25, 0.3) is 5.91 Å². The maximum atomic E-state index is 13.0. The van der Waals surface area contributed by atoms with E-state index in [-0.39, 0.29) is 18.1 Å². The van der Waals surface area contributed by atoms with Crippen LogP contribution in [0.2, 0.25) is 0 Å². The summed E-state index contributed by atoms with van der Waals surface area (Å²) in [5, 5.41) is 0. The van der Waals surface area contributed by atoms with Gasteiger partial charge in [-0.1, -0.05) is 18.2 Å². The zero-order valence-corrected chi connectivity index (χ0v) is 14.7. The lowest BCUT2D eigenvalue weighted by molar-refractivity contribution is -0.142. The molecule has 1 aliphatic rings. The predicted molar refractivity (Wildman–Crippen MR) is 95.4 cm³/mol. The first-order chi connectivity index (χ1) is 12.2. The molecule has 1 fully saturated rings. The Bertz CT molecular complexity index is 682. The smallest absolute Gasteiger partial charge is 0.252 e. The molecule has 0 N–H and O–H groups in total. The van der Waals surface area contributed by atoms with Crippen molar-refractivity contribution in [2.75, 3.05) is 20.3 Å². The van der Waals surface area contributed by atoms with Crippen molar-refractivity contribution < 1.29 is 14.3 Å². The summed E-state index contributed by atoms with van der Waals surface area (Å²) < 4.78 is 10.9. The first-order valence-corrected chi connectivity index (χ1v) is 8.70. The number of hydrogen-bond donors (Lipinski definition) is 0. The zero-order chi connectivity index (χ0) is 17.6. The molecular formula is C20H24N2O3. The van der Waals surface area contributed by atoms with Crippen molar-refractivity contribution in [1.29, 1.82) is 0 Å². The molecule has 0 aliphatic carbocycles. The summed E-state index contributed by atoms with van der Waals surface area (Å²) in [6, 6.07) is 11.6. The third kappa shape index (κ3) is 3.82. The molecule has 1 aliphatic heterocycles. The molecule has 2 heterocycles. The van der Waals surface area contributed by atoms with Crippen molar-refractivity contribution in [3.05, 3.63) is 59.9 Å². The van der Waals surface area contributed by atoms with Crippen LogP contribution in [0.5, 0.6) is 5.75 Å². The van der Waals surface area contributed by atoms with E-state index in [0.717, 1.165) is 29.7 Å². The largest absolute Gasteiger partial charge is 0.497 e. The van der Waals surface area contributed by atoms with Gasteiger partial charge in [0.05, 0.1) is 13.2 Å². The number of hydrogen-bond acceptors (Lipinski definition) is 4. The molecule has 0 spiro atoms. The van der Waals surface area contributed by atoms with Crippen LogP contribution in [0.3, 0.4) is 0 Å². The molecule has 25 heavy (non-hydrogen) atoms. The van der Waals surface area contributed by atoms with E-state index >= 15 is 0 Å². The third-order valence-electron chi connectivity index (χ3n) is 4.57. The zero-order valence-electron chi connectivity index (χ0n) is 14.7. The molecule has 0 bridgehead atoms. The van der Waals surface area contributed by atoms with E-state index < -0.39 is 0 Å². The Morgan fingerprint density at radius 2 is 2.12 bits per heavy atom. The maximum Gasteiger partial charge on any atom is 0.252 e. The van der Waals surface area contributed by atoms with E-state index in [0.29, 0.717) is 13.2 Å². The van der Waals surface area contributed by atoms with E-state index in [1.807, 2.05) is 54.4 Å². The van der Waals surface area contributed by atoms with Gasteiger partial charge in [-0.2, -0.15) is 0 Å². The van der Waals surface area contributed by atoms with Crippen LogP contribution < -0.4 is 4.74 Å². The molecule has 132 valence electrons. The van der Waals surface area contributed by atoms with E-state index in [2.05, 4.69) is 4.98 Å². The summed E-state index contributed by atoms with van der Waals surface area (Å²) in [5.41, 5.74) is 2.02. The van der Waals surface area contributed by atoms with Crippen LogP contribution in [-0.4, -0.2) is 42.2 Å². The predicted octanol–water partition coefficient (Wildman–Crippen LogP) is 3.21. The molecule has 3 rings (SSSR count). The molecule has 0 radical (unpaired) electrons. The van der Waals surface area contributed by atoms with Crippen LogP contribution in [0.25, 0.3) is 0 Å². The highest BCUT2D eigenvalue weighted by atomic mass is 16.5. The molecule has 1 aromatic carbocycles. The van der Waals surface area contributed by atoms with Crippen molar-refractivity contribution >= 4 is 5.91 Å². The number of likely N-dealkylation sites (N-methyl/N-ethyl adjacent to an activating group) is 1. The second kappa shape index (κ2) is 8.12. The van der Waals surface area contributed by atoms with Gasteiger partial charge in [0.2, 0.25) is 0 Å². The van der Waals surface area contributed by atoms with E-state index in [4.69, 9.17) is 9.47 Å². The number of nitrogens with zero attached hydrogens (tertiary/aromatic N) is 2. The number of benzene rings is 1. The van der Waals surface area contributed by atoms with Gasteiger partial charge in [-0.05, 0) is 49.1 Å². The Balaban J connectivity index is 1.98. The summed E-state index contributed by atoms with van der Waals surface area (Å²) in [7, 11) is 1.65. The summed E-state index contributed by atoms with van der Waals surface area (Å²) in [5.74, 6) is 0.840. The number of pyridine rings is 1. The molecule has 0 unspecified atom stereocenters. The lowest BCUT2D eigenvalue weighted by Crippen LogP contribution is -2.41. The van der Waals surface area contributed by atoms with Gasteiger partial charge in [0.1, 0.15) is 11.9 Å². The maximum absolute atomic E-state index is 13.0. The number of carbonyl (C=O) groups excluding carboxylic acids is 1. The van der Waals surface area contributed by atoms with Crippen LogP contribution in [-0.2, 0) is 9.53 Å². The van der Waals surface area contributed by atoms with Gasteiger partial charge in [-0.3, -0.25) is 9.78 Å². The van der Waals surface area contributed by atoms with Gasteiger partial charge < -0.3 is 14.4 Å². The SMILES string of the molecule is CCN(C(=O)[C@H]1CCCO1)[C@@H](c1ccc(OC)cc1)c1cccnc1. The minimum Gasteiger partial charge on any atom is -0.497 e. The van der Waals surface area contributed by atoms with E-state index in [1.54, 1.807) is 13.3 Å². The minimum atomic E-state index is -0.336. The summed E-state index contributed by atoms with van der Waals surface area (Å²) >= 11 is 0. The van der Waals surface area contributed by atoms with Gasteiger partial charge in [0.15, 0.2) is 0 Å². The topological polar surface area (TPSA) is 51.7 Å². The lowest BCUT2D eigenvalue weighted by Gasteiger charge is -2.33. The third-order valence-corrected chi connectivity index (χ3v) is 4.57. The molecule has 5 nitrogen and oxygen atoms in total. The highest BCUT2D eigenvalue weighted by molar-refractivity contribution is 5.82. The number of aromatic nitrogens is 1. The Kier molecular flexibility index (Phi) is 5.66. The average Bonchev–Trinajstić information content (AvgIpc) is 3.21. The molecule has 5 heteroatoms. The Hall–Kier alpha value is -2.40. The molecule has 1 saturated heterocycles. The second-order valence-corrected chi connectivity index (χ2v) is 6.09. The normalized spacial score (nSPS) is 17.9. The van der Waals surface area contributed by atoms with Crippen molar-refractivity contribution in [3.63, 3.8) is 0 Å². The van der Waals surface area contributed by atoms with Crippen LogP contribution in [0.1, 0.15) is 36.9 Å². The standard InChI is InChI=1S/C20H24N2O3/c1-3-22(20(23)18-7-5-13-25-18)19(16-6-4-12-21-14-16)15-8-10-17(24-2)11-9-15/h4,6,8-12,14,18-19H,3,5,7,13H2,1-2H3/t18-,19+/m1/s1. The molecular weight excluding hydrogens is 316 g/mol. The Morgan fingerprint density at radius 1 is 1.32 bits per heavy atom. The van der Waals surface area contributed by atoms with Crippen LogP contribution >= 0.6 is 0 Å². The molecule has 0 saturated carbocycles. The van der Waals surface area contributed by atoms with Crippen LogP contribution in [0.4, 0.5) is 0 Å². The lowest BCUT2D eigenvalue weighted by atomic mass is 9.97.